The van der Waals surface area contributed by atoms with E-state index in [0.717, 1.165) is 19.4 Å². The van der Waals surface area contributed by atoms with Gasteiger partial charge < -0.3 is 15.3 Å². The molecule has 5 nitrogen and oxygen atoms in total. The Kier molecular flexibility index (Phi) is 6.67. The summed E-state index contributed by atoms with van der Waals surface area (Å²) in [4.78, 5) is 24.2. The summed E-state index contributed by atoms with van der Waals surface area (Å²) in [7, 11) is 0. The molecule has 1 rings (SSSR count). The second-order valence-corrected chi connectivity index (χ2v) is 5.63. The number of nitrogens with zero attached hydrogens (tertiary/aromatic N) is 1. The molecule has 1 fully saturated rings. The summed E-state index contributed by atoms with van der Waals surface area (Å²) in [6.45, 7) is 5.57. The molecule has 2 amide bonds. The number of carbonyl (C=O) groups is 2. The van der Waals surface area contributed by atoms with Crippen molar-refractivity contribution in [3.05, 3.63) is 0 Å². The topological polar surface area (TPSA) is 69.6 Å². The maximum absolute atomic E-state index is 12.0. The van der Waals surface area contributed by atoms with Crippen molar-refractivity contribution < 1.29 is 14.7 Å². The van der Waals surface area contributed by atoms with Crippen LogP contribution in [0.5, 0.6) is 0 Å². The number of urea groups is 1. The molecule has 110 valence electrons. The number of hydrogen-bond acceptors (Lipinski definition) is 2. The first-order valence-electron chi connectivity index (χ1n) is 7.27. The molecule has 1 saturated carbocycles. The van der Waals surface area contributed by atoms with Crippen LogP contribution >= 0.6 is 0 Å². The number of nitrogens with one attached hydrogen (secondary N) is 1. The fourth-order valence-electron chi connectivity index (χ4n) is 1.98. The molecule has 0 unspecified atom stereocenters. The number of hydrogen-bond donors (Lipinski definition) is 2. The lowest BCUT2D eigenvalue weighted by atomic mass is 10.2. The molecule has 1 aliphatic carbocycles. The van der Waals surface area contributed by atoms with Crippen molar-refractivity contribution in [2.45, 2.75) is 58.4 Å². The average Bonchev–Trinajstić information content (AvgIpc) is 3.13. The summed E-state index contributed by atoms with van der Waals surface area (Å²) < 4.78 is 0. The van der Waals surface area contributed by atoms with Gasteiger partial charge in [-0.05, 0) is 45.4 Å². The number of carboxylic acid groups (broad SMARTS) is 1. The Balaban J connectivity index is 2.11. The Morgan fingerprint density at radius 1 is 1.26 bits per heavy atom. The predicted molar refractivity (Wildman–Crippen MR) is 74.1 cm³/mol. The van der Waals surface area contributed by atoms with Gasteiger partial charge in [0.15, 0.2) is 0 Å². The molecule has 1 aliphatic rings. The SMILES string of the molecule is CC(C)N(CC1CC1)C(=O)NCCCCCC(=O)O. The predicted octanol–water partition coefficient (Wildman–Crippen LogP) is 2.46. The molecule has 0 heterocycles. The second kappa shape index (κ2) is 8.02. The third-order valence-electron chi connectivity index (χ3n) is 3.38. The summed E-state index contributed by atoms with van der Waals surface area (Å²) in [6, 6.07) is 0.243. The maximum Gasteiger partial charge on any atom is 0.317 e. The van der Waals surface area contributed by atoms with Crippen molar-refractivity contribution in [2.24, 2.45) is 5.92 Å². The molecule has 0 aromatic rings. The minimum Gasteiger partial charge on any atom is -0.481 e. The lowest BCUT2D eigenvalue weighted by Crippen LogP contribution is -2.45. The monoisotopic (exact) mass is 270 g/mol. The minimum atomic E-state index is -0.751. The lowest BCUT2D eigenvalue weighted by Gasteiger charge is -2.27. The molecule has 5 heteroatoms. The van der Waals surface area contributed by atoms with Gasteiger partial charge in [-0.3, -0.25) is 4.79 Å². The molecule has 19 heavy (non-hydrogen) atoms. The van der Waals surface area contributed by atoms with E-state index < -0.39 is 5.97 Å². The van der Waals surface area contributed by atoms with Gasteiger partial charge >= 0.3 is 12.0 Å². The van der Waals surface area contributed by atoms with Gasteiger partial charge in [-0.15, -0.1) is 0 Å². The van der Waals surface area contributed by atoms with Crippen molar-refractivity contribution in [2.75, 3.05) is 13.1 Å². The second-order valence-electron chi connectivity index (χ2n) is 5.63. The van der Waals surface area contributed by atoms with E-state index in [0.29, 0.717) is 18.9 Å². The molecule has 0 atom stereocenters. The lowest BCUT2D eigenvalue weighted by molar-refractivity contribution is -0.137. The van der Waals surface area contributed by atoms with Gasteiger partial charge in [0.1, 0.15) is 0 Å². The van der Waals surface area contributed by atoms with Crippen LogP contribution in [0.4, 0.5) is 4.79 Å². The van der Waals surface area contributed by atoms with E-state index in [1.807, 2.05) is 18.7 Å². The molecule has 0 bridgehead atoms. The van der Waals surface area contributed by atoms with E-state index >= 15 is 0 Å². The zero-order valence-corrected chi connectivity index (χ0v) is 12.0. The molecule has 0 aliphatic heterocycles. The first kappa shape index (κ1) is 15.8. The Bertz CT molecular complexity index is 301. The van der Waals surface area contributed by atoms with Crippen LogP contribution in [0.25, 0.3) is 0 Å². The van der Waals surface area contributed by atoms with Crippen LogP contribution in [-0.2, 0) is 4.79 Å². The van der Waals surface area contributed by atoms with E-state index in [2.05, 4.69) is 5.32 Å². The number of rotatable bonds is 9. The van der Waals surface area contributed by atoms with Crippen LogP contribution < -0.4 is 5.32 Å². The smallest absolute Gasteiger partial charge is 0.317 e. The molecule has 2 N–H and O–H groups in total. The number of carbonyl (C=O) groups excluding carboxylic acids is 1. The normalized spacial score (nSPS) is 14.5. The zero-order valence-electron chi connectivity index (χ0n) is 12.0. The summed E-state index contributed by atoms with van der Waals surface area (Å²) in [5.41, 5.74) is 0. The van der Waals surface area contributed by atoms with Crippen LogP contribution in [0.3, 0.4) is 0 Å². The molecule has 0 saturated heterocycles. The van der Waals surface area contributed by atoms with Gasteiger partial charge in [0, 0.05) is 25.6 Å². The number of aliphatic carboxylic acids is 1. The molecule has 0 aromatic carbocycles. The Labute approximate surface area is 115 Å². The number of unbranched alkanes of at least 4 members (excludes halogenated alkanes) is 2. The van der Waals surface area contributed by atoms with E-state index in [-0.39, 0.29) is 18.5 Å². The largest absolute Gasteiger partial charge is 0.481 e. The van der Waals surface area contributed by atoms with Crippen molar-refractivity contribution in [1.82, 2.24) is 10.2 Å². The van der Waals surface area contributed by atoms with E-state index in [1.54, 1.807) is 0 Å². The van der Waals surface area contributed by atoms with Crippen LogP contribution in [0, 0.1) is 5.92 Å². The van der Waals surface area contributed by atoms with Gasteiger partial charge in [0.2, 0.25) is 0 Å². The van der Waals surface area contributed by atoms with Crippen molar-refractivity contribution in [3.8, 4) is 0 Å². The van der Waals surface area contributed by atoms with Crippen LogP contribution in [0.15, 0.2) is 0 Å². The van der Waals surface area contributed by atoms with Crippen LogP contribution in [0.1, 0.15) is 52.4 Å². The Hall–Kier alpha value is -1.26. The first-order valence-corrected chi connectivity index (χ1v) is 7.27. The van der Waals surface area contributed by atoms with Crippen molar-refractivity contribution in [1.29, 1.82) is 0 Å². The molecular weight excluding hydrogens is 244 g/mol. The van der Waals surface area contributed by atoms with Crippen molar-refractivity contribution >= 4 is 12.0 Å². The van der Waals surface area contributed by atoms with Gasteiger partial charge in [-0.2, -0.15) is 0 Å². The third-order valence-corrected chi connectivity index (χ3v) is 3.38. The van der Waals surface area contributed by atoms with E-state index in [9.17, 15) is 9.59 Å². The summed E-state index contributed by atoms with van der Waals surface area (Å²) in [5.74, 6) is -0.0526. The first-order chi connectivity index (χ1) is 9.00. The van der Waals surface area contributed by atoms with Gasteiger partial charge in [0.05, 0.1) is 0 Å². The fraction of sp³-hybridized carbons (Fsp3) is 0.857. The standard InChI is InChI=1S/C14H26N2O3/c1-11(2)16(10-12-7-8-12)14(19)15-9-5-3-4-6-13(17)18/h11-12H,3-10H2,1-2H3,(H,15,19)(H,17,18). The molecule has 0 radical (unpaired) electrons. The van der Waals surface area contributed by atoms with Crippen molar-refractivity contribution in [3.63, 3.8) is 0 Å². The summed E-state index contributed by atoms with van der Waals surface area (Å²) in [6.07, 6.45) is 5.07. The highest BCUT2D eigenvalue weighted by Gasteiger charge is 2.27. The number of amides is 2. The quantitative estimate of drug-likeness (QED) is 0.632. The minimum absolute atomic E-state index is 0.0140. The summed E-state index contributed by atoms with van der Waals surface area (Å²) >= 11 is 0. The molecule has 0 spiro atoms. The molecule has 0 aromatic heterocycles. The van der Waals surface area contributed by atoms with Gasteiger partial charge in [-0.1, -0.05) is 6.42 Å². The van der Waals surface area contributed by atoms with Crippen LogP contribution in [0.2, 0.25) is 0 Å². The highest BCUT2D eigenvalue weighted by molar-refractivity contribution is 5.74. The van der Waals surface area contributed by atoms with Gasteiger partial charge in [-0.25, -0.2) is 4.79 Å². The molecular formula is C14H26N2O3. The van der Waals surface area contributed by atoms with E-state index in [4.69, 9.17) is 5.11 Å². The Morgan fingerprint density at radius 2 is 1.95 bits per heavy atom. The maximum atomic E-state index is 12.0. The highest BCUT2D eigenvalue weighted by atomic mass is 16.4. The average molecular weight is 270 g/mol. The Morgan fingerprint density at radius 3 is 2.47 bits per heavy atom. The van der Waals surface area contributed by atoms with Gasteiger partial charge in [0.25, 0.3) is 0 Å². The third kappa shape index (κ3) is 7.03. The highest BCUT2D eigenvalue weighted by Crippen LogP contribution is 2.30. The number of carboxylic acids is 1. The zero-order chi connectivity index (χ0) is 14.3. The fourth-order valence-corrected chi connectivity index (χ4v) is 1.98. The summed E-state index contributed by atoms with van der Waals surface area (Å²) in [5, 5.41) is 11.4. The van der Waals surface area contributed by atoms with E-state index in [1.165, 1.54) is 12.8 Å². The van der Waals surface area contributed by atoms with Crippen LogP contribution in [-0.4, -0.2) is 41.1 Å².